The first-order valence-corrected chi connectivity index (χ1v) is 5.96. The van der Waals surface area contributed by atoms with Gasteiger partial charge in [-0.3, -0.25) is 4.79 Å². The van der Waals surface area contributed by atoms with Gasteiger partial charge in [0.1, 0.15) is 5.82 Å². The number of anilines is 2. The maximum absolute atomic E-state index is 13.6. The highest BCUT2D eigenvalue weighted by molar-refractivity contribution is 6.31. The average molecular weight is 279 g/mol. The van der Waals surface area contributed by atoms with Crippen LogP contribution in [0.15, 0.2) is 42.5 Å². The summed E-state index contributed by atoms with van der Waals surface area (Å²) in [5, 5.41) is 0.402. The van der Waals surface area contributed by atoms with Crippen LogP contribution < -0.4 is 10.6 Å². The lowest BCUT2D eigenvalue weighted by Crippen LogP contribution is -2.27. The number of nitrogens with zero attached hydrogens (tertiary/aromatic N) is 1. The predicted molar refractivity (Wildman–Crippen MR) is 75.0 cm³/mol. The minimum absolute atomic E-state index is 0.187. The zero-order valence-corrected chi connectivity index (χ0v) is 11.0. The fourth-order valence-corrected chi connectivity index (χ4v) is 1.90. The molecule has 0 aliphatic rings. The molecule has 2 aromatic rings. The number of para-hydroxylation sites is 1. The van der Waals surface area contributed by atoms with Gasteiger partial charge in [-0.15, -0.1) is 0 Å². The minimum Gasteiger partial charge on any atom is -0.398 e. The Balaban J connectivity index is 2.39. The van der Waals surface area contributed by atoms with Gasteiger partial charge >= 0.3 is 0 Å². The summed E-state index contributed by atoms with van der Waals surface area (Å²) in [5.41, 5.74) is 6.48. The number of halogens is 2. The van der Waals surface area contributed by atoms with Gasteiger partial charge in [0.05, 0.1) is 11.3 Å². The Hall–Kier alpha value is -2.07. The van der Waals surface area contributed by atoms with Crippen LogP contribution in [0.3, 0.4) is 0 Å². The third-order valence-electron chi connectivity index (χ3n) is 2.76. The van der Waals surface area contributed by atoms with E-state index in [1.807, 2.05) is 0 Å². The lowest BCUT2D eigenvalue weighted by Gasteiger charge is -2.19. The zero-order valence-electron chi connectivity index (χ0n) is 10.2. The first-order valence-electron chi connectivity index (χ1n) is 5.58. The minimum atomic E-state index is -0.473. The van der Waals surface area contributed by atoms with Crippen molar-refractivity contribution < 1.29 is 9.18 Å². The molecule has 0 aromatic heterocycles. The Bertz CT molecular complexity index is 631. The number of nitrogen functional groups attached to an aromatic ring is 1. The fourth-order valence-electron chi connectivity index (χ4n) is 1.73. The van der Waals surface area contributed by atoms with Gasteiger partial charge in [-0.05, 0) is 30.3 Å². The molecule has 0 bridgehead atoms. The summed E-state index contributed by atoms with van der Waals surface area (Å²) < 4.78 is 13.6. The second-order valence-corrected chi connectivity index (χ2v) is 4.48. The molecule has 0 unspecified atom stereocenters. The van der Waals surface area contributed by atoms with E-state index in [1.54, 1.807) is 24.3 Å². The third kappa shape index (κ3) is 2.69. The Morgan fingerprint density at radius 2 is 1.95 bits per heavy atom. The van der Waals surface area contributed by atoms with Gasteiger partial charge in [-0.2, -0.15) is 0 Å². The fraction of sp³-hybridized carbons (Fsp3) is 0.0714. The number of nitrogens with two attached hydrogens (primary N) is 1. The number of amides is 1. The summed E-state index contributed by atoms with van der Waals surface area (Å²) in [5.74, 6) is -0.885. The molecule has 2 rings (SSSR count). The highest BCUT2D eigenvalue weighted by Gasteiger charge is 2.18. The Kier molecular flexibility index (Phi) is 3.71. The molecule has 0 heterocycles. The Morgan fingerprint density at radius 1 is 1.26 bits per heavy atom. The first kappa shape index (κ1) is 13.4. The number of hydrogen-bond donors (Lipinski definition) is 1. The van der Waals surface area contributed by atoms with Crippen LogP contribution in [0, 0.1) is 5.82 Å². The molecule has 0 saturated carbocycles. The highest BCUT2D eigenvalue weighted by atomic mass is 35.5. The first-order chi connectivity index (χ1) is 9.00. The SMILES string of the molecule is CN(C(=O)c1cc(Cl)ccc1N)c1ccccc1F. The second-order valence-electron chi connectivity index (χ2n) is 4.05. The molecule has 0 aliphatic heterocycles. The summed E-state index contributed by atoms with van der Waals surface area (Å²) in [7, 11) is 1.49. The monoisotopic (exact) mass is 278 g/mol. The van der Waals surface area contributed by atoms with Crippen molar-refractivity contribution in [3.63, 3.8) is 0 Å². The van der Waals surface area contributed by atoms with Crippen LogP contribution in [0.5, 0.6) is 0 Å². The van der Waals surface area contributed by atoms with Crippen molar-refractivity contribution in [1.29, 1.82) is 0 Å². The molecule has 0 atom stereocenters. The van der Waals surface area contributed by atoms with E-state index >= 15 is 0 Å². The maximum Gasteiger partial charge on any atom is 0.260 e. The van der Waals surface area contributed by atoms with Gasteiger partial charge in [-0.1, -0.05) is 23.7 Å². The van der Waals surface area contributed by atoms with Crippen LogP contribution in [0.4, 0.5) is 15.8 Å². The van der Waals surface area contributed by atoms with Crippen LogP contribution >= 0.6 is 11.6 Å². The molecule has 2 N–H and O–H groups in total. The van der Waals surface area contributed by atoms with E-state index in [1.165, 1.54) is 30.1 Å². The number of rotatable bonds is 2. The highest BCUT2D eigenvalue weighted by Crippen LogP contribution is 2.23. The van der Waals surface area contributed by atoms with Gasteiger partial charge in [0.25, 0.3) is 5.91 Å². The summed E-state index contributed by atoms with van der Waals surface area (Å²) in [6.45, 7) is 0. The number of benzene rings is 2. The summed E-state index contributed by atoms with van der Waals surface area (Å²) in [6, 6.07) is 10.6. The van der Waals surface area contributed by atoms with Crippen LogP contribution in [0.2, 0.25) is 5.02 Å². The standard InChI is InChI=1S/C14H12ClFN2O/c1-18(13-5-3-2-4-11(13)16)14(19)10-8-9(15)6-7-12(10)17/h2-8H,17H2,1H3. The number of carbonyl (C=O) groups is 1. The lowest BCUT2D eigenvalue weighted by atomic mass is 10.1. The van der Waals surface area contributed by atoms with Gasteiger partial charge in [0, 0.05) is 17.8 Å². The van der Waals surface area contributed by atoms with E-state index < -0.39 is 11.7 Å². The number of carbonyl (C=O) groups excluding carboxylic acids is 1. The van der Waals surface area contributed by atoms with Crippen molar-refractivity contribution in [2.24, 2.45) is 0 Å². The van der Waals surface area contributed by atoms with Crippen molar-refractivity contribution in [2.45, 2.75) is 0 Å². The van der Waals surface area contributed by atoms with Gasteiger partial charge < -0.3 is 10.6 Å². The molecular weight excluding hydrogens is 267 g/mol. The molecule has 0 fully saturated rings. The zero-order chi connectivity index (χ0) is 14.0. The average Bonchev–Trinajstić information content (AvgIpc) is 2.40. The quantitative estimate of drug-likeness (QED) is 0.857. The molecule has 0 aliphatic carbocycles. The van der Waals surface area contributed by atoms with Crippen molar-refractivity contribution in [3.8, 4) is 0 Å². The molecule has 0 saturated heterocycles. The molecular formula is C14H12ClFN2O. The normalized spacial score (nSPS) is 10.3. The van der Waals surface area contributed by atoms with E-state index in [0.29, 0.717) is 10.7 Å². The van der Waals surface area contributed by atoms with E-state index in [2.05, 4.69) is 0 Å². The van der Waals surface area contributed by atoms with Crippen LogP contribution in [0.1, 0.15) is 10.4 Å². The van der Waals surface area contributed by atoms with E-state index in [0.717, 1.165) is 0 Å². The van der Waals surface area contributed by atoms with E-state index in [9.17, 15) is 9.18 Å². The smallest absolute Gasteiger partial charge is 0.260 e. The van der Waals surface area contributed by atoms with Crippen LogP contribution in [-0.2, 0) is 0 Å². The molecule has 5 heteroatoms. The molecule has 1 amide bonds. The molecule has 19 heavy (non-hydrogen) atoms. The summed E-state index contributed by atoms with van der Waals surface area (Å²) >= 11 is 5.84. The molecule has 98 valence electrons. The van der Waals surface area contributed by atoms with Gasteiger partial charge in [-0.25, -0.2) is 4.39 Å². The largest absolute Gasteiger partial charge is 0.398 e. The van der Waals surface area contributed by atoms with Crippen LogP contribution in [-0.4, -0.2) is 13.0 Å². The van der Waals surface area contributed by atoms with Crippen LogP contribution in [0.25, 0.3) is 0 Å². The Labute approximate surface area is 115 Å². The third-order valence-corrected chi connectivity index (χ3v) is 3.00. The van der Waals surface area contributed by atoms with Crippen molar-refractivity contribution in [2.75, 3.05) is 17.7 Å². The molecule has 0 spiro atoms. The molecule has 0 radical (unpaired) electrons. The number of hydrogen-bond acceptors (Lipinski definition) is 2. The van der Waals surface area contributed by atoms with Gasteiger partial charge in [0.15, 0.2) is 0 Å². The second kappa shape index (κ2) is 5.28. The van der Waals surface area contributed by atoms with Crippen molar-refractivity contribution in [3.05, 3.63) is 58.9 Å². The topological polar surface area (TPSA) is 46.3 Å². The maximum atomic E-state index is 13.6. The van der Waals surface area contributed by atoms with Crippen molar-refractivity contribution in [1.82, 2.24) is 0 Å². The summed E-state index contributed by atoms with van der Waals surface area (Å²) in [6.07, 6.45) is 0. The van der Waals surface area contributed by atoms with Gasteiger partial charge in [0.2, 0.25) is 0 Å². The van der Waals surface area contributed by atoms with Crippen molar-refractivity contribution >= 4 is 28.9 Å². The molecule has 2 aromatic carbocycles. The predicted octanol–water partition coefficient (Wildman–Crippen LogP) is 3.34. The lowest BCUT2D eigenvalue weighted by molar-refractivity contribution is 0.0993. The molecule has 3 nitrogen and oxygen atoms in total. The van der Waals surface area contributed by atoms with E-state index in [-0.39, 0.29) is 11.3 Å². The van der Waals surface area contributed by atoms with E-state index in [4.69, 9.17) is 17.3 Å². The summed E-state index contributed by atoms with van der Waals surface area (Å²) in [4.78, 5) is 13.5. The Morgan fingerprint density at radius 3 is 2.63 bits per heavy atom.